The summed E-state index contributed by atoms with van der Waals surface area (Å²) < 4.78 is 10.4. The summed E-state index contributed by atoms with van der Waals surface area (Å²) >= 11 is 0. The second-order valence-electron chi connectivity index (χ2n) is 11.2. The first-order chi connectivity index (χ1) is 17.9. The second-order valence-corrected chi connectivity index (χ2v) is 11.2. The fourth-order valence-electron chi connectivity index (χ4n) is 4.64. The van der Waals surface area contributed by atoms with Crippen LogP contribution in [0, 0.1) is 5.41 Å². The van der Waals surface area contributed by atoms with E-state index in [0.29, 0.717) is 19.4 Å². The van der Waals surface area contributed by atoms with Gasteiger partial charge < -0.3 is 24.2 Å². The van der Waals surface area contributed by atoms with E-state index in [0.717, 1.165) is 29.9 Å². The molecule has 1 aliphatic rings. The number of benzene rings is 2. The van der Waals surface area contributed by atoms with Crippen molar-refractivity contribution in [2.75, 3.05) is 38.7 Å². The van der Waals surface area contributed by atoms with Crippen molar-refractivity contribution in [2.24, 2.45) is 5.41 Å². The van der Waals surface area contributed by atoms with E-state index in [1.54, 1.807) is 11.9 Å². The van der Waals surface area contributed by atoms with Gasteiger partial charge in [-0.1, -0.05) is 49.4 Å². The van der Waals surface area contributed by atoms with Crippen molar-refractivity contribution in [2.45, 2.75) is 59.2 Å². The number of ether oxygens (including phenoxy) is 2. The Morgan fingerprint density at radius 1 is 0.921 bits per heavy atom. The Morgan fingerprint density at radius 3 is 2.03 bits per heavy atom. The number of carbonyl (C=O) groups is 3. The molecule has 2 amide bonds. The predicted molar refractivity (Wildman–Crippen MR) is 148 cm³/mol. The Kier molecular flexibility index (Phi) is 9.41. The summed E-state index contributed by atoms with van der Waals surface area (Å²) in [5.74, 6) is -0.530. The maximum Gasteiger partial charge on any atom is 0.410 e. The molecule has 0 unspecified atom stereocenters. The van der Waals surface area contributed by atoms with Gasteiger partial charge in [0, 0.05) is 44.3 Å². The summed E-state index contributed by atoms with van der Waals surface area (Å²) in [6.07, 6.45) is 0.940. The molecule has 0 saturated carbocycles. The maximum atomic E-state index is 13.9. The van der Waals surface area contributed by atoms with Gasteiger partial charge in [0.15, 0.2) is 0 Å². The van der Waals surface area contributed by atoms with Crippen LogP contribution in [0.2, 0.25) is 0 Å². The van der Waals surface area contributed by atoms with E-state index in [1.807, 2.05) is 70.2 Å². The van der Waals surface area contributed by atoms with Gasteiger partial charge in [-0.2, -0.15) is 0 Å². The third-order valence-electron chi connectivity index (χ3n) is 6.93. The first kappa shape index (κ1) is 29.0. The molecule has 0 bridgehead atoms. The molecule has 2 aromatic rings. The molecule has 0 atom stereocenters. The first-order valence-electron chi connectivity index (χ1n) is 13.1. The summed E-state index contributed by atoms with van der Waals surface area (Å²) in [7, 11) is 3.01. The lowest BCUT2D eigenvalue weighted by Gasteiger charge is -2.41. The van der Waals surface area contributed by atoms with E-state index in [2.05, 4.69) is 17.0 Å². The Morgan fingerprint density at radius 2 is 1.47 bits per heavy atom. The van der Waals surface area contributed by atoms with Gasteiger partial charge in [0.25, 0.3) is 0 Å². The standard InChI is InChI=1S/C30H41N3O5/c1-29(2,3)38-28(36)31(5)20-23-12-10-11-13-24(23)21-33(22-26(34)37-6)27(35)30(4)16-18-32(19-17-30)25-14-8-7-9-15-25/h7-15H,16-22H2,1-6H3. The number of amides is 2. The molecule has 3 rings (SSSR count). The molecular formula is C30H41N3O5. The maximum absolute atomic E-state index is 13.9. The molecule has 206 valence electrons. The Labute approximate surface area is 226 Å². The zero-order valence-corrected chi connectivity index (χ0v) is 23.5. The Balaban J connectivity index is 1.76. The number of para-hydroxylation sites is 1. The molecule has 0 radical (unpaired) electrons. The molecule has 8 nitrogen and oxygen atoms in total. The van der Waals surface area contributed by atoms with E-state index < -0.39 is 23.1 Å². The molecule has 0 aliphatic carbocycles. The number of hydrogen-bond acceptors (Lipinski definition) is 6. The average molecular weight is 524 g/mol. The van der Waals surface area contributed by atoms with Gasteiger partial charge in [-0.3, -0.25) is 9.59 Å². The van der Waals surface area contributed by atoms with Crippen LogP contribution in [0.3, 0.4) is 0 Å². The van der Waals surface area contributed by atoms with Crippen molar-refractivity contribution in [3.8, 4) is 0 Å². The highest BCUT2D eigenvalue weighted by atomic mass is 16.6. The largest absolute Gasteiger partial charge is 0.468 e. The highest BCUT2D eigenvalue weighted by Crippen LogP contribution is 2.35. The number of esters is 1. The molecule has 1 aliphatic heterocycles. The van der Waals surface area contributed by atoms with Crippen molar-refractivity contribution < 1.29 is 23.9 Å². The van der Waals surface area contributed by atoms with Gasteiger partial charge >= 0.3 is 12.1 Å². The van der Waals surface area contributed by atoms with Gasteiger partial charge in [-0.15, -0.1) is 0 Å². The van der Waals surface area contributed by atoms with E-state index in [9.17, 15) is 14.4 Å². The minimum atomic E-state index is -0.597. The highest BCUT2D eigenvalue weighted by Gasteiger charge is 2.40. The molecule has 1 fully saturated rings. The third-order valence-corrected chi connectivity index (χ3v) is 6.93. The molecule has 1 saturated heterocycles. The molecule has 0 aromatic heterocycles. The average Bonchev–Trinajstić information content (AvgIpc) is 2.88. The fourth-order valence-corrected chi connectivity index (χ4v) is 4.64. The van der Waals surface area contributed by atoms with E-state index >= 15 is 0 Å². The topological polar surface area (TPSA) is 79.4 Å². The predicted octanol–water partition coefficient (Wildman–Crippen LogP) is 4.86. The lowest BCUT2D eigenvalue weighted by Crippen LogP contribution is -2.50. The monoisotopic (exact) mass is 523 g/mol. The molecule has 0 spiro atoms. The number of rotatable bonds is 8. The SMILES string of the molecule is COC(=O)CN(Cc1ccccc1CN(C)C(=O)OC(C)(C)C)C(=O)C1(C)CCN(c2ccccc2)CC1. The number of hydrogen-bond donors (Lipinski definition) is 0. The summed E-state index contributed by atoms with van der Waals surface area (Å²) in [6.45, 7) is 9.41. The lowest BCUT2D eigenvalue weighted by atomic mass is 9.78. The third kappa shape index (κ3) is 7.73. The number of carbonyl (C=O) groups excluding carboxylic acids is 3. The van der Waals surface area contributed by atoms with Gasteiger partial charge in [-0.25, -0.2) is 4.79 Å². The van der Waals surface area contributed by atoms with Crippen LogP contribution in [0.15, 0.2) is 54.6 Å². The number of methoxy groups -OCH3 is 1. The fraction of sp³-hybridized carbons (Fsp3) is 0.500. The number of piperidine rings is 1. The van der Waals surface area contributed by atoms with Crippen molar-refractivity contribution >= 4 is 23.7 Å². The second kappa shape index (κ2) is 12.3. The molecule has 8 heteroatoms. The Bertz CT molecular complexity index is 1100. The van der Waals surface area contributed by atoms with Crippen LogP contribution in [0.4, 0.5) is 10.5 Å². The van der Waals surface area contributed by atoms with Crippen LogP contribution < -0.4 is 4.90 Å². The minimum absolute atomic E-state index is 0.0640. The van der Waals surface area contributed by atoms with E-state index in [1.165, 1.54) is 12.0 Å². The highest BCUT2D eigenvalue weighted by molar-refractivity contribution is 5.86. The summed E-state index contributed by atoms with van der Waals surface area (Å²) in [6, 6.07) is 17.8. The Hall–Kier alpha value is -3.55. The van der Waals surface area contributed by atoms with Crippen LogP contribution in [0.25, 0.3) is 0 Å². The molecule has 2 aromatic carbocycles. The van der Waals surface area contributed by atoms with Crippen LogP contribution in [0.1, 0.15) is 51.7 Å². The lowest BCUT2D eigenvalue weighted by molar-refractivity contribution is -0.152. The van der Waals surface area contributed by atoms with Gasteiger partial charge in [0.2, 0.25) is 5.91 Å². The molecule has 0 N–H and O–H groups in total. The molecule has 1 heterocycles. The summed E-state index contributed by atoms with van der Waals surface area (Å²) in [5, 5.41) is 0. The van der Waals surface area contributed by atoms with Crippen molar-refractivity contribution in [1.82, 2.24) is 9.80 Å². The van der Waals surface area contributed by atoms with Gasteiger partial charge in [0.05, 0.1) is 7.11 Å². The molecule has 38 heavy (non-hydrogen) atoms. The first-order valence-corrected chi connectivity index (χ1v) is 13.1. The normalized spacial score (nSPS) is 14.9. The van der Waals surface area contributed by atoms with Crippen LogP contribution in [-0.2, 0) is 32.2 Å². The summed E-state index contributed by atoms with van der Waals surface area (Å²) in [5.41, 5.74) is 1.70. The summed E-state index contributed by atoms with van der Waals surface area (Å²) in [4.78, 5) is 44.2. The van der Waals surface area contributed by atoms with Crippen molar-refractivity contribution in [1.29, 1.82) is 0 Å². The zero-order chi connectivity index (χ0) is 27.9. The van der Waals surface area contributed by atoms with Crippen molar-refractivity contribution in [3.63, 3.8) is 0 Å². The number of nitrogens with zero attached hydrogens (tertiary/aromatic N) is 3. The quantitative estimate of drug-likeness (QED) is 0.460. The van der Waals surface area contributed by atoms with E-state index in [-0.39, 0.29) is 19.0 Å². The van der Waals surface area contributed by atoms with E-state index in [4.69, 9.17) is 9.47 Å². The van der Waals surface area contributed by atoms with Gasteiger partial charge in [0.1, 0.15) is 12.1 Å². The zero-order valence-electron chi connectivity index (χ0n) is 23.5. The van der Waals surface area contributed by atoms with Crippen LogP contribution in [0.5, 0.6) is 0 Å². The van der Waals surface area contributed by atoms with Crippen molar-refractivity contribution in [3.05, 3.63) is 65.7 Å². The minimum Gasteiger partial charge on any atom is -0.468 e. The molecular weight excluding hydrogens is 482 g/mol. The van der Waals surface area contributed by atoms with Gasteiger partial charge in [-0.05, 0) is 56.9 Å². The number of anilines is 1. The van der Waals surface area contributed by atoms with Crippen LogP contribution in [-0.4, -0.2) is 67.2 Å². The van der Waals surface area contributed by atoms with Crippen LogP contribution >= 0.6 is 0 Å². The smallest absolute Gasteiger partial charge is 0.410 e.